The predicted molar refractivity (Wildman–Crippen MR) is 137 cm³/mol. The molecule has 2 fully saturated rings. The third kappa shape index (κ3) is 5.06. The van der Waals surface area contributed by atoms with Gasteiger partial charge in [-0.25, -0.2) is 9.97 Å². The molecule has 1 saturated carbocycles. The maximum absolute atomic E-state index is 13.6. The van der Waals surface area contributed by atoms with Crippen LogP contribution < -0.4 is 15.5 Å². The van der Waals surface area contributed by atoms with Crippen molar-refractivity contribution in [1.29, 1.82) is 0 Å². The third-order valence-corrected chi connectivity index (χ3v) is 8.62. The van der Waals surface area contributed by atoms with Gasteiger partial charge in [-0.15, -0.1) is 11.8 Å². The van der Waals surface area contributed by atoms with Crippen molar-refractivity contribution in [3.8, 4) is 0 Å². The van der Waals surface area contributed by atoms with Gasteiger partial charge < -0.3 is 10.6 Å². The van der Waals surface area contributed by atoms with Crippen LogP contribution in [0.2, 0.25) is 0 Å². The van der Waals surface area contributed by atoms with Crippen molar-refractivity contribution in [2.24, 2.45) is 5.92 Å². The molecule has 0 spiro atoms. The lowest BCUT2D eigenvalue weighted by molar-refractivity contribution is -0.119. The lowest BCUT2D eigenvalue weighted by Gasteiger charge is -2.38. The molecule has 2 N–H and O–H groups in total. The molecule has 182 valence electrons. The molecule has 9 heteroatoms. The Hall–Kier alpha value is -2.23. The Morgan fingerprint density at radius 3 is 2.68 bits per heavy atom. The number of hydrogen-bond donors (Lipinski definition) is 2. The quantitative estimate of drug-likeness (QED) is 0.617. The number of nitrogens with zero attached hydrogens (tertiary/aromatic N) is 5. The van der Waals surface area contributed by atoms with Gasteiger partial charge in [-0.1, -0.05) is 25.8 Å². The summed E-state index contributed by atoms with van der Waals surface area (Å²) in [4.78, 5) is 32.9. The molecule has 34 heavy (non-hydrogen) atoms. The van der Waals surface area contributed by atoms with Gasteiger partial charge in [-0.3, -0.25) is 14.6 Å². The van der Waals surface area contributed by atoms with Crippen molar-refractivity contribution < 1.29 is 4.79 Å². The minimum absolute atomic E-state index is 0.0173. The highest BCUT2D eigenvalue weighted by molar-refractivity contribution is 8.01. The van der Waals surface area contributed by atoms with Crippen molar-refractivity contribution in [1.82, 2.24) is 25.2 Å². The summed E-state index contributed by atoms with van der Waals surface area (Å²) >= 11 is 1.66. The van der Waals surface area contributed by atoms with E-state index in [0.29, 0.717) is 17.7 Å². The number of pyridine rings is 1. The van der Waals surface area contributed by atoms with E-state index in [1.165, 1.54) is 18.4 Å². The van der Waals surface area contributed by atoms with Gasteiger partial charge >= 0.3 is 0 Å². The smallest absolute Gasteiger partial charge is 0.242 e. The van der Waals surface area contributed by atoms with Crippen LogP contribution in [0.15, 0.2) is 29.4 Å². The molecule has 0 bridgehead atoms. The zero-order valence-electron chi connectivity index (χ0n) is 20.2. The number of rotatable bonds is 7. The first-order valence-electron chi connectivity index (χ1n) is 12.6. The Labute approximate surface area is 206 Å². The maximum Gasteiger partial charge on any atom is 0.242 e. The summed E-state index contributed by atoms with van der Waals surface area (Å²) in [6.45, 7) is 9.35. The van der Waals surface area contributed by atoms with E-state index in [9.17, 15) is 4.79 Å². The molecule has 1 amide bonds. The molecule has 1 saturated heterocycles. The Balaban J connectivity index is 1.32. The highest BCUT2D eigenvalue weighted by atomic mass is 32.2. The minimum Gasteiger partial charge on any atom is -0.314 e. The molecule has 8 nitrogen and oxygen atoms in total. The van der Waals surface area contributed by atoms with Crippen molar-refractivity contribution in [2.75, 3.05) is 36.4 Å². The second-order valence-corrected chi connectivity index (χ2v) is 10.8. The van der Waals surface area contributed by atoms with E-state index in [4.69, 9.17) is 4.98 Å². The first-order valence-corrected chi connectivity index (χ1v) is 13.5. The number of piperazine rings is 1. The molecule has 2 atom stereocenters. The monoisotopic (exact) mass is 481 g/mol. The van der Waals surface area contributed by atoms with E-state index in [-0.39, 0.29) is 17.2 Å². The average Bonchev–Trinajstić information content (AvgIpc) is 3.40. The van der Waals surface area contributed by atoms with Gasteiger partial charge in [-0.2, -0.15) is 4.98 Å². The number of hydrogen-bond acceptors (Lipinski definition) is 8. The van der Waals surface area contributed by atoms with Gasteiger partial charge in [0.25, 0.3) is 0 Å². The van der Waals surface area contributed by atoms with Crippen LogP contribution in [0.3, 0.4) is 0 Å². The summed E-state index contributed by atoms with van der Waals surface area (Å²) in [5.41, 5.74) is 1.20. The van der Waals surface area contributed by atoms with Gasteiger partial charge in [0, 0.05) is 51.2 Å². The van der Waals surface area contributed by atoms with E-state index >= 15 is 0 Å². The predicted octanol–water partition coefficient (Wildman–Crippen LogP) is 3.82. The Kier molecular flexibility index (Phi) is 7.32. The van der Waals surface area contributed by atoms with E-state index in [1.54, 1.807) is 11.8 Å². The van der Waals surface area contributed by atoms with Gasteiger partial charge in [-0.05, 0) is 43.7 Å². The Morgan fingerprint density at radius 1 is 1.18 bits per heavy atom. The topological polar surface area (TPSA) is 86.3 Å². The first-order chi connectivity index (χ1) is 16.6. The summed E-state index contributed by atoms with van der Waals surface area (Å²) in [7, 11) is 0. The second-order valence-electron chi connectivity index (χ2n) is 9.63. The van der Waals surface area contributed by atoms with Crippen LogP contribution >= 0.6 is 11.8 Å². The molecule has 2 aromatic rings. The molecule has 4 heterocycles. The van der Waals surface area contributed by atoms with Crippen LogP contribution in [0, 0.1) is 5.92 Å². The lowest BCUT2D eigenvalue weighted by atomic mass is 10.0. The number of anilines is 3. The molecule has 2 aromatic heterocycles. The Bertz CT molecular complexity index is 989. The molecule has 0 aromatic carbocycles. The molecule has 2 unspecified atom stereocenters. The molecular weight excluding hydrogens is 446 g/mol. The van der Waals surface area contributed by atoms with Crippen molar-refractivity contribution in [2.45, 2.75) is 68.7 Å². The van der Waals surface area contributed by atoms with Gasteiger partial charge in [0.15, 0.2) is 5.82 Å². The van der Waals surface area contributed by atoms with Crippen LogP contribution in [0.1, 0.15) is 51.5 Å². The molecule has 1 aliphatic carbocycles. The number of nitrogens with one attached hydrogen (secondary N) is 2. The van der Waals surface area contributed by atoms with Crippen LogP contribution in [0.25, 0.3) is 0 Å². The average molecular weight is 482 g/mol. The van der Waals surface area contributed by atoms with E-state index < -0.39 is 0 Å². The standard InChI is InChI=1S/C25H35N7OS/c1-3-17(2)32-23-20(34-22(24(32)33)19-6-4-5-7-19)15-28-25(30-23)29-21-9-8-18(14-27-21)16-31-12-10-26-11-13-31/h8-9,14-15,17,19,22,26H,3-7,10-13,16H2,1-2H3,(H,27,28,29,30). The SMILES string of the molecule is CCC(C)N1C(=O)C(C2CCCC2)Sc2cnc(Nc3ccc(CN4CCNCC4)cn3)nc21. The molecule has 0 radical (unpaired) electrons. The summed E-state index contributed by atoms with van der Waals surface area (Å²) in [5, 5.41) is 6.61. The minimum atomic E-state index is -0.0173. The summed E-state index contributed by atoms with van der Waals surface area (Å²) in [6, 6.07) is 4.18. The van der Waals surface area contributed by atoms with Crippen molar-refractivity contribution in [3.05, 3.63) is 30.1 Å². The number of aromatic nitrogens is 3. The number of thioether (sulfide) groups is 1. The summed E-state index contributed by atoms with van der Waals surface area (Å²) in [5.74, 6) is 2.57. The summed E-state index contributed by atoms with van der Waals surface area (Å²) < 4.78 is 0. The fraction of sp³-hybridized carbons (Fsp3) is 0.600. The fourth-order valence-electron chi connectivity index (χ4n) is 5.11. The number of fused-ring (bicyclic) bond motifs is 1. The zero-order chi connectivity index (χ0) is 23.5. The van der Waals surface area contributed by atoms with E-state index in [0.717, 1.165) is 62.7 Å². The largest absolute Gasteiger partial charge is 0.314 e. The normalized spacial score (nSPS) is 22.6. The summed E-state index contributed by atoms with van der Waals surface area (Å²) in [6.07, 6.45) is 9.42. The van der Waals surface area contributed by atoms with Gasteiger partial charge in [0.2, 0.25) is 11.9 Å². The zero-order valence-corrected chi connectivity index (χ0v) is 21.0. The van der Waals surface area contributed by atoms with E-state index in [2.05, 4.69) is 45.4 Å². The van der Waals surface area contributed by atoms with E-state index in [1.807, 2.05) is 23.4 Å². The van der Waals surface area contributed by atoms with Gasteiger partial charge in [0.05, 0.1) is 10.1 Å². The van der Waals surface area contributed by atoms with Crippen LogP contribution in [0.4, 0.5) is 17.6 Å². The number of carbonyl (C=O) groups is 1. The first kappa shape index (κ1) is 23.5. The van der Waals surface area contributed by atoms with Crippen LogP contribution in [-0.2, 0) is 11.3 Å². The fourth-order valence-corrected chi connectivity index (χ4v) is 6.42. The number of carbonyl (C=O) groups excluding carboxylic acids is 1. The third-order valence-electron chi connectivity index (χ3n) is 7.24. The number of amides is 1. The van der Waals surface area contributed by atoms with Crippen LogP contribution in [-0.4, -0.2) is 63.2 Å². The molecule has 5 rings (SSSR count). The van der Waals surface area contributed by atoms with Crippen LogP contribution in [0.5, 0.6) is 0 Å². The maximum atomic E-state index is 13.6. The van der Waals surface area contributed by atoms with Gasteiger partial charge in [0.1, 0.15) is 5.82 Å². The lowest BCUT2D eigenvalue weighted by Crippen LogP contribution is -2.48. The molecular formula is C25H35N7OS. The second kappa shape index (κ2) is 10.6. The molecule has 3 aliphatic rings. The highest BCUT2D eigenvalue weighted by Gasteiger charge is 2.41. The van der Waals surface area contributed by atoms with Crippen molar-refractivity contribution >= 4 is 35.3 Å². The van der Waals surface area contributed by atoms with Crippen molar-refractivity contribution in [3.63, 3.8) is 0 Å². The molecule has 2 aliphatic heterocycles. The Morgan fingerprint density at radius 2 is 1.97 bits per heavy atom. The highest BCUT2D eigenvalue weighted by Crippen LogP contribution is 2.45.